The van der Waals surface area contributed by atoms with E-state index in [1.807, 2.05) is 19.0 Å². The minimum Gasteiger partial charge on any atom is -0.371 e. The zero-order valence-electron chi connectivity index (χ0n) is 23.7. The first-order chi connectivity index (χ1) is 19.3. The number of nitriles is 1. The maximum absolute atomic E-state index is 13.8. The minimum atomic E-state index is -4.50. The van der Waals surface area contributed by atoms with Crippen LogP contribution in [0.1, 0.15) is 48.9 Å². The van der Waals surface area contributed by atoms with E-state index in [2.05, 4.69) is 11.4 Å². The van der Waals surface area contributed by atoms with Crippen LogP contribution in [0.5, 0.6) is 0 Å². The largest absolute Gasteiger partial charge is 0.416 e. The standard InChI is InChI=1S/C30H36F3N3O5/c1-28(2)40-25-16-29(27(37)35-12-13-36(3)4,39-19-22-6-5-7-23(14-22)30(31,32)33)15-24(26(25)41-28)38-18-21-10-8-20(17-34)9-11-21/h5-11,14,24-26H,12-13,15-16,18-19H2,1-4H3,(H,35,37)/t24-,25+,26-,29+/m0/s1. The first-order valence-corrected chi connectivity index (χ1v) is 13.5. The minimum absolute atomic E-state index is 0.108. The van der Waals surface area contributed by atoms with E-state index < -0.39 is 41.4 Å². The van der Waals surface area contributed by atoms with Crippen molar-refractivity contribution in [1.29, 1.82) is 5.26 Å². The average molecular weight is 576 g/mol. The van der Waals surface area contributed by atoms with Gasteiger partial charge in [-0.1, -0.05) is 24.3 Å². The van der Waals surface area contributed by atoms with E-state index in [1.165, 1.54) is 12.1 Å². The van der Waals surface area contributed by atoms with E-state index in [0.717, 1.165) is 17.7 Å². The van der Waals surface area contributed by atoms with E-state index in [0.29, 0.717) is 24.2 Å². The van der Waals surface area contributed by atoms with Crippen LogP contribution < -0.4 is 5.32 Å². The number of hydrogen-bond donors (Lipinski definition) is 1. The molecule has 222 valence electrons. The predicted molar refractivity (Wildman–Crippen MR) is 143 cm³/mol. The number of nitrogens with one attached hydrogen (secondary N) is 1. The Labute approximate surface area is 238 Å². The molecule has 4 atom stereocenters. The quantitative estimate of drug-likeness (QED) is 0.449. The summed E-state index contributed by atoms with van der Waals surface area (Å²) in [6.07, 6.45) is -5.90. The summed E-state index contributed by atoms with van der Waals surface area (Å²) in [5.41, 5.74) is -0.584. The Morgan fingerprint density at radius 3 is 2.49 bits per heavy atom. The lowest BCUT2D eigenvalue weighted by Gasteiger charge is -2.43. The summed E-state index contributed by atoms with van der Waals surface area (Å²) < 4.78 is 65.0. The second kappa shape index (κ2) is 12.5. The number of alkyl halides is 3. The summed E-state index contributed by atoms with van der Waals surface area (Å²) in [4.78, 5) is 15.7. The van der Waals surface area contributed by atoms with E-state index in [1.54, 1.807) is 38.1 Å². The Kier molecular flexibility index (Phi) is 9.41. The number of carbonyl (C=O) groups excluding carboxylic acids is 1. The maximum atomic E-state index is 13.8. The Bertz CT molecular complexity index is 1250. The SMILES string of the molecule is CN(C)CCNC(=O)[C@@]1(OCc2cccc(C(F)(F)F)c2)C[C@H](OCc2ccc(C#N)cc2)[C@@H]2OC(C)(C)O[C@@H]2C1. The van der Waals surface area contributed by atoms with Crippen molar-refractivity contribution < 1.29 is 36.9 Å². The van der Waals surface area contributed by atoms with Crippen LogP contribution in [0.15, 0.2) is 48.5 Å². The van der Waals surface area contributed by atoms with Crippen molar-refractivity contribution in [2.75, 3.05) is 27.2 Å². The molecule has 0 spiro atoms. The molecule has 1 amide bonds. The van der Waals surface area contributed by atoms with Gasteiger partial charge in [0.25, 0.3) is 5.91 Å². The van der Waals surface area contributed by atoms with Crippen molar-refractivity contribution in [2.24, 2.45) is 0 Å². The number of likely N-dealkylation sites (N-methyl/N-ethyl adjacent to an activating group) is 1. The second-order valence-corrected chi connectivity index (χ2v) is 11.2. The molecule has 0 aromatic heterocycles. The summed E-state index contributed by atoms with van der Waals surface area (Å²) in [5, 5.41) is 12.0. The molecule has 1 saturated carbocycles. The van der Waals surface area contributed by atoms with Gasteiger partial charge in [0.1, 0.15) is 6.10 Å². The molecule has 1 aliphatic heterocycles. The van der Waals surface area contributed by atoms with Crippen molar-refractivity contribution in [3.63, 3.8) is 0 Å². The Balaban J connectivity index is 1.60. The van der Waals surface area contributed by atoms with Gasteiger partial charge in [-0.25, -0.2) is 0 Å². The highest BCUT2D eigenvalue weighted by Crippen LogP contribution is 2.44. The normalized spacial score (nSPS) is 25.5. The van der Waals surface area contributed by atoms with E-state index in [4.69, 9.17) is 24.2 Å². The predicted octanol–water partition coefficient (Wildman–Crippen LogP) is 4.41. The van der Waals surface area contributed by atoms with Crippen molar-refractivity contribution >= 4 is 5.91 Å². The summed E-state index contributed by atoms with van der Waals surface area (Å²) in [6.45, 7) is 4.49. The van der Waals surface area contributed by atoms with Gasteiger partial charge in [0.2, 0.25) is 0 Å². The molecule has 0 unspecified atom stereocenters. The fourth-order valence-corrected chi connectivity index (χ4v) is 5.20. The number of benzene rings is 2. The molecule has 41 heavy (non-hydrogen) atoms. The number of rotatable bonds is 10. The van der Waals surface area contributed by atoms with Gasteiger partial charge in [0, 0.05) is 25.9 Å². The van der Waals surface area contributed by atoms with Crippen LogP contribution in [-0.2, 0) is 43.1 Å². The molecule has 8 nitrogen and oxygen atoms in total. The molecule has 1 aliphatic carbocycles. The van der Waals surface area contributed by atoms with Gasteiger partial charge in [0.05, 0.1) is 42.6 Å². The maximum Gasteiger partial charge on any atom is 0.416 e. The van der Waals surface area contributed by atoms with Crippen LogP contribution in [0.2, 0.25) is 0 Å². The molecule has 0 radical (unpaired) electrons. The van der Waals surface area contributed by atoms with Crippen LogP contribution in [-0.4, -0.2) is 67.7 Å². The number of fused-ring (bicyclic) bond motifs is 1. The number of ether oxygens (including phenoxy) is 4. The number of nitrogens with zero attached hydrogens (tertiary/aromatic N) is 2. The molecular weight excluding hydrogens is 539 g/mol. The molecule has 11 heteroatoms. The fraction of sp³-hybridized carbons (Fsp3) is 0.533. The monoisotopic (exact) mass is 575 g/mol. The summed E-state index contributed by atoms with van der Waals surface area (Å²) in [5.74, 6) is -1.31. The summed E-state index contributed by atoms with van der Waals surface area (Å²) >= 11 is 0. The van der Waals surface area contributed by atoms with Gasteiger partial charge in [0.15, 0.2) is 11.4 Å². The van der Waals surface area contributed by atoms with Crippen LogP contribution in [0.3, 0.4) is 0 Å². The highest BCUT2D eigenvalue weighted by molar-refractivity contribution is 5.85. The highest BCUT2D eigenvalue weighted by Gasteiger charge is 2.58. The van der Waals surface area contributed by atoms with E-state index in [9.17, 15) is 18.0 Å². The zero-order chi connectivity index (χ0) is 29.8. The number of carbonyl (C=O) groups is 1. The van der Waals surface area contributed by atoms with E-state index >= 15 is 0 Å². The van der Waals surface area contributed by atoms with E-state index in [-0.39, 0.29) is 32.0 Å². The zero-order valence-corrected chi connectivity index (χ0v) is 23.7. The number of hydrogen-bond acceptors (Lipinski definition) is 7. The lowest BCUT2D eigenvalue weighted by atomic mass is 9.78. The highest BCUT2D eigenvalue weighted by atomic mass is 19.4. The molecule has 4 rings (SSSR count). The molecule has 2 fully saturated rings. The van der Waals surface area contributed by atoms with Crippen LogP contribution in [0, 0.1) is 11.3 Å². The smallest absolute Gasteiger partial charge is 0.371 e. The first-order valence-electron chi connectivity index (χ1n) is 13.5. The van der Waals surface area contributed by atoms with Crippen molar-refractivity contribution in [2.45, 2.75) is 75.8 Å². The molecule has 2 aromatic rings. The third kappa shape index (κ3) is 7.84. The van der Waals surface area contributed by atoms with Gasteiger partial charge in [-0.15, -0.1) is 0 Å². The summed E-state index contributed by atoms with van der Waals surface area (Å²) in [7, 11) is 3.77. The second-order valence-electron chi connectivity index (χ2n) is 11.2. The summed E-state index contributed by atoms with van der Waals surface area (Å²) in [6, 6.07) is 13.9. The van der Waals surface area contributed by atoms with Gasteiger partial charge in [-0.2, -0.15) is 18.4 Å². The Morgan fingerprint density at radius 2 is 1.83 bits per heavy atom. The third-order valence-electron chi connectivity index (χ3n) is 7.22. The van der Waals surface area contributed by atoms with Gasteiger partial charge < -0.3 is 29.2 Å². The number of amides is 1. The first kappa shape index (κ1) is 30.9. The van der Waals surface area contributed by atoms with Gasteiger partial charge in [-0.05, 0) is 63.3 Å². The average Bonchev–Trinajstić information content (AvgIpc) is 3.24. The third-order valence-corrected chi connectivity index (χ3v) is 7.22. The Hall–Kier alpha value is -3.01. The van der Waals surface area contributed by atoms with Crippen LogP contribution in [0.4, 0.5) is 13.2 Å². The molecular formula is C30H36F3N3O5. The van der Waals surface area contributed by atoms with Crippen LogP contribution >= 0.6 is 0 Å². The molecule has 0 bridgehead atoms. The van der Waals surface area contributed by atoms with Crippen LogP contribution in [0.25, 0.3) is 0 Å². The van der Waals surface area contributed by atoms with Gasteiger partial charge in [-0.3, -0.25) is 4.79 Å². The Morgan fingerprint density at radius 1 is 1.10 bits per heavy atom. The van der Waals surface area contributed by atoms with Crippen molar-refractivity contribution in [3.8, 4) is 6.07 Å². The molecule has 1 saturated heterocycles. The number of halogens is 3. The lowest BCUT2D eigenvalue weighted by molar-refractivity contribution is -0.183. The lowest BCUT2D eigenvalue weighted by Crippen LogP contribution is -2.60. The van der Waals surface area contributed by atoms with Crippen molar-refractivity contribution in [1.82, 2.24) is 10.2 Å². The molecule has 2 aromatic carbocycles. The van der Waals surface area contributed by atoms with Gasteiger partial charge >= 0.3 is 6.18 Å². The molecule has 1 heterocycles. The molecule has 2 aliphatic rings. The molecule has 1 N–H and O–H groups in total. The topological polar surface area (TPSA) is 93.1 Å². The van der Waals surface area contributed by atoms with Crippen molar-refractivity contribution in [3.05, 3.63) is 70.8 Å². The fourth-order valence-electron chi connectivity index (χ4n) is 5.20.